The molecule has 0 atom stereocenters. The molecule has 0 unspecified atom stereocenters. The van der Waals surface area contributed by atoms with E-state index in [1.54, 1.807) is 0 Å². The van der Waals surface area contributed by atoms with Gasteiger partial charge in [-0.1, -0.05) is 0 Å². The molecule has 1 aromatic heterocycles. The fourth-order valence-corrected chi connectivity index (χ4v) is 0.545. The first-order valence-corrected chi connectivity index (χ1v) is 2.82. The van der Waals surface area contributed by atoms with E-state index in [4.69, 9.17) is 5.53 Å². The van der Waals surface area contributed by atoms with E-state index in [0.29, 0.717) is 0 Å². The van der Waals surface area contributed by atoms with Gasteiger partial charge in [0.1, 0.15) is 5.69 Å². The van der Waals surface area contributed by atoms with Crippen LogP contribution < -0.4 is 0 Å². The van der Waals surface area contributed by atoms with Gasteiger partial charge < -0.3 is 5.53 Å². The van der Waals surface area contributed by atoms with Gasteiger partial charge in [0, 0.05) is 12.4 Å². The van der Waals surface area contributed by atoms with Crippen LogP contribution in [0.1, 0.15) is 10.5 Å². The number of carbonyl (C=O) groups is 1. The summed E-state index contributed by atoms with van der Waals surface area (Å²) in [6, 6.07) is 0. The molecule has 5 nitrogen and oxygen atoms in total. The Morgan fingerprint density at radius 2 is 2.45 bits per heavy atom. The summed E-state index contributed by atoms with van der Waals surface area (Å²) in [6.45, 7) is 0. The summed E-state index contributed by atoms with van der Waals surface area (Å²) in [5.74, 6) is -0.472. The Morgan fingerprint density at radius 3 is 3.00 bits per heavy atom. The Labute approximate surface area is 62.3 Å². The molecule has 0 aliphatic rings. The lowest BCUT2D eigenvalue weighted by atomic mass is 10.3. The first-order chi connectivity index (χ1) is 5.34. The molecular weight excluding hydrogens is 144 g/mol. The van der Waals surface area contributed by atoms with Crippen molar-refractivity contribution in [3.63, 3.8) is 0 Å². The molecule has 0 N–H and O–H groups in total. The molecule has 0 bridgehead atoms. The molecule has 0 amide bonds. The predicted molar refractivity (Wildman–Crippen MR) is 36.0 cm³/mol. The second-order valence-corrected chi connectivity index (χ2v) is 1.70. The summed E-state index contributed by atoms with van der Waals surface area (Å²) in [5, 5.41) is 0. The first kappa shape index (κ1) is 7.24. The highest BCUT2D eigenvalue weighted by Gasteiger charge is 2.06. The van der Waals surface area contributed by atoms with E-state index >= 15 is 0 Å². The second kappa shape index (κ2) is 3.34. The lowest BCUT2D eigenvalue weighted by molar-refractivity contribution is 0.00229. The van der Waals surface area contributed by atoms with Crippen molar-refractivity contribution in [2.45, 2.75) is 0 Å². The number of hydrogen-bond donors (Lipinski definition) is 0. The molecule has 54 valence electrons. The number of nitrogens with zero attached hydrogens (tertiary/aromatic N) is 4. The van der Waals surface area contributed by atoms with Gasteiger partial charge in [0.25, 0.3) is 5.78 Å². The van der Waals surface area contributed by atoms with Gasteiger partial charge >= 0.3 is 6.21 Å². The van der Waals surface area contributed by atoms with Crippen LogP contribution in [-0.2, 0) is 0 Å². The number of carbonyl (C=O) groups excluding carboxylic acids is 1. The fourth-order valence-electron chi connectivity index (χ4n) is 0.545. The summed E-state index contributed by atoms with van der Waals surface area (Å²) in [5.41, 5.74) is 8.16. The highest BCUT2D eigenvalue weighted by atomic mass is 16.1. The highest BCUT2D eigenvalue weighted by molar-refractivity contribution is 6.32. The van der Waals surface area contributed by atoms with Gasteiger partial charge in [-0.25, -0.2) is 4.98 Å². The van der Waals surface area contributed by atoms with Crippen molar-refractivity contribution in [3.8, 4) is 0 Å². The van der Waals surface area contributed by atoms with Crippen molar-refractivity contribution in [1.29, 1.82) is 0 Å². The summed E-state index contributed by atoms with van der Waals surface area (Å²) >= 11 is 0. The second-order valence-electron chi connectivity index (χ2n) is 1.70. The van der Waals surface area contributed by atoms with E-state index in [2.05, 4.69) is 14.8 Å². The molecule has 0 saturated heterocycles. The molecule has 0 aromatic carbocycles. The van der Waals surface area contributed by atoms with Crippen LogP contribution in [0.15, 0.2) is 18.6 Å². The van der Waals surface area contributed by atoms with Crippen LogP contribution in [-0.4, -0.2) is 26.8 Å². The number of Topliss-reactive ketones (excluding diaryl/α,β-unsaturated/α-hetero) is 1. The average molecular weight is 148 g/mol. The number of rotatable bonds is 2. The Hall–Kier alpha value is -1.87. The van der Waals surface area contributed by atoms with E-state index in [1.807, 2.05) is 0 Å². The van der Waals surface area contributed by atoms with Crippen LogP contribution in [0.2, 0.25) is 0 Å². The molecule has 5 heteroatoms. The SMILES string of the molecule is [N-]=[N+]=CC(=O)c1cnccn1. The van der Waals surface area contributed by atoms with Gasteiger partial charge in [-0.2, -0.15) is 4.79 Å². The number of hydrogen-bond acceptors (Lipinski definition) is 3. The normalized spacial score (nSPS) is 8.36. The van der Waals surface area contributed by atoms with E-state index in [1.165, 1.54) is 18.6 Å². The lowest BCUT2D eigenvalue weighted by Crippen LogP contribution is -2.03. The fraction of sp³-hybridized carbons (Fsp3) is 0. The molecule has 11 heavy (non-hydrogen) atoms. The topological polar surface area (TPSA) is 79.3 Å². The van der Waals surface area contributed by atoms with Gasteiger partial charge in [0.05, 0.1) is 6.20 Å². The van der Waals surface area contributed by atoms with Crippen LogP contribution >= 0.6 is 0 Å². The van der Waals surface area contributed by atoms with Crippen LogP contribution in [0.3, 0.4) is 0 Å². The largest absolute Gasteiger partial charge is 0.361 e. The number of aromatic nitrogens is 2. The maximum absolute atomic E-state index is 10.8. The third-order valence-electron chi connectivity index (χ3n) is 0.991. The quantitative estimate of drug-likeness (QED) is 0.255. The van der Waals surface area contributed by atoms with E-state index in [9.17, 15) is 4.79 Å². The summed E-state index contributed by atoms with van der Waals surface area (Å²) < 4.78 is 0. The predicted octanol–water partition coefficient (Wildman–Crippen LogP) is -0.0401. The molecule has 0 radical (unpaired) electrons. The Balaban J connectivity index is 2.94. The van der Waals surface area contributed by atoms with Crippen LogP contribution in [0, 0.1) is 0 Å². The van der Waals surface area contributed by atoms with Gasteiger partial charge in [0.2, 0.25) is 0 Å². The third kappa shape index (κ3) is 1.77. The Morgan fingerprint density at radius 1 is 1.64 bits per heavy atom. The molecule has 1 heterocycles. The van der Waals surface area contributed by atoms with E-state index in [0.717, 1.165) is 6.21 Å². The van der Waals surface area contributed by atoms with Gasteiger partial charge in [-0.05, 0) is 0 Å². The smallest absolute Gasteiger partial charge is 0.329 e. The molecule has 1 rings (SSSR count). The number of ketones is 1. The minimum Gasteiger partial charge on any atom is -0.361 e. The Kier molecular flexibility index (Phi) is 2.20. The van der Waals surface area contributed by atoms with Gasteiger partial charge in [-0.15, -0.1) is 0 Å². The van der Waals surface area contributed by atoms with E-state index in [-0.39, 0.29) is 5.69 Å². The third-order valence-corrected chi connectivity index (χ3v) is 0.991. The maximum atomic E-state index is 10.8. The zero-order valence-electron chi connectivity index (χ0n) is 5.51. The van der Waals surface area contributed by atoms with E-state index < -0.39 is 5.78 Å². The van der Waals surface area contributed by atoms with Crippen molar-refractivity contribution in [3.05, 3.63) is 29.8 Å². The van der Waals surface area contributed by atoms with Crippen LogP contribution in [0.4, 0.5) is 0 Å². The van der Waals surface area contributed by atoms with Crippen molar-refractivity contribution in [1.82, 2.24) is 9.97 Å². The average Bonchev–Trinajstić information content (AvgIpc) is 2.07. The van der Waals surface area contributed by atoms with Crippen molar-refractivity contribution >= 4 is 12.0 Å². The van der Waals surface area contributed by atoms with Gasteiger partial charge in [0.15, 0.2) is 0 Å². The zero-order valence-corrected chi connectivity index (χ0v) is 5.51. The molecular formula is C6H4N4O. The Bertz CT molecular complexity index is 302. The minimum atomic E-state index is -0.472. The van der Waals surface area contributed by atoms with Crippen molar-refractivity contribution in [2.24, 2.45) is 0 Å². The first-order valence-electron chi connectivity index (χ1n) is 2.82. The highest BCUT2D eigenvalue weighted by Crippen LogP contribution is 1.88. The van der Waals surface area contributed by atoms with Crippen molar-refractivity contribution < 1.29 is 9.58 Å². The van der Waals surface area contributed by atoms with Crippen molar-refractivity contribution in [2.75, 3.05) is 0 Å². The monoisotopic (exact) mass is 148 g/mol. The molecule has 1 aromatic rings. The molecule has 0 saturated carbocycles. The molecule has 0 aliphatic carbocycles. The lowest BCUT2D eigenvalue weighted by Gasteiger charge is -1.85. The minimum absolute atomic E-state index is 0.158. The summed E-state index contributed by atoms with van der Waals surface area (Å²) in [6.07, 6.45) is 4.90. The summed E-state index contributed by atoms with van der Waals surface area (Å²) in [7, 11) is 0. The molecule has 0 aliphatic heterocycles. The van der Waals surface area contributed by atoms with Gasteiger partial charge in [-0.3, -0.25) is 9.78 Å². The standard InChI is InChI=1S/C6H4N4O/c7-10-4-6(11)5-3-8-1-2-9-5/h1-4H. The summed E-state index contributed by atoms with van der Waals surface area (Å²) in [4.78, 5) is 20.7. The zero-order chi connectivity index (χ0) is 8.10. The maximum Gasteiger partial charge on any atom is 0.329 e. The molecule has 0 spiro atoms. The molecule has 0 fully saturated rings. The van der Waals surface area contributed by atoms with Crippen LogP contribution in [0.5, 0.6) is 0 Å². The van der Waals surface area contributed by atoms with Crippen LogP contribution in [0.25, 0.3) is 5.53 Å².